The minimum atomic E-state index is -0.602. The second-order valence-electron chi connectivity index (χ2n) is 2.71. The average Bonchev–Trinajstić information content (AvgIpc) is 2.06. The number of hydrogen-bond acceptors (Lipinski definition) is 2. The zero-order valence-electron chi connectivity index (χ0n) is 8.53. The van der Waals surface area contributed by atoms with Gasteiger partial charge < -0.3 is 9.84 Å². The van der Waals surface area contributed by atoms with Crippen LogP contribution >= 0.6 is 0 Å². The summed E-state index contributed by atoms with van der Waals surface area (Å²) in [6, 6.07) is 10.3. The summed E-state index contributed by atoms with van der Waals surface area (Å²) in [4.78, 5) is 0. The van der Waals surface area contributed by atoms with E-state index >= 15 is 0 Å². The Morgan fingerprint density at radius 2 is 1.85 bits per heavy atom. The van der Waals surface area contributed by atoms with Gasteiger partial charge in [-0.25, -0.2) is 0 Å². The van der Waals surface area contributed by atoms with Crippen LogP contribution in [0.25, 0.3) is 0 Å². The number of aryl methyl sites for hydroxylation is 1. The Labute approximate surface area is 80.2 Å². The van der Waals surface area contributed by atoms with Crippen LogP contribution in [-0.2, 0) is 4.74 Å². The van der Waals surface area contributed by atoms with Crippen molar-refractivity contribution < 1.29 is 9.84 Å². The Morgan fingerprint density at radius 1 is 1.31 bits per heavy atom. The molecule has 0 radical (unpaired) electrons. The molecule has 0 aliphatic carbocycles. The summed E-state index contributed by atoms with van der Waals surface area (Å²) >= 11 is 0. The van der Waals surface area contributed by atoms with Gasteiger partial charge in [-0.1, -0.05) is 35.9 Å². The average molecular weight is 182 g/mol. The van der Waals surface area contributed by atoms with Crippen LogP contribution in [0.1, 0.15) is 19.4 Å². The fourth-order valence-corrected chi connectivity index (χ4v) is 0.776. The van der Waals surface area contributed by atoms with Gasteiger partial charge in [0.2, 0.25) is 0 Å². The molecule has 13 heavy (non-hydrogen) atoms. The number of hydrogen-bond donors (Lipinski definition) is 1. The zero-order chi connectivity index (χ0) is 10.1. The molecule has 1 unspecified atom stereocenters. The lowest BCUT2D eigenvalue weighted by Crippen LogP contribution is -2.04. The molecule has 1 aromatic rings. The summed E-state index contributed by atoms with van der Waals surface area (Å²) in [5.74, 6) is 0. The van der Waals surface area contributed by atoms with Crippen LogP contribution in [0.3, 0.4) is 0 Å². The van der Waals surface area contributed by atoms with Crippen LogP contribution in [0.15, 0.2) is 30.3 Å². The first-order chi connectivity index (χ1) is 6.16. The van der Waals surface area contributed by atoms with Crippen LogP contribution in [0.4, 0.5) is 0 Å². The van der Waals surface area contributed by atoms with Crippen molar-refractivity contribution in [3.05, 3.63) is 35.9 Å². The number of aliphatic hydroxyl groups is 1. The minimum Gasteiger partial charge on any atom is -0.368 e. The fourth-order valence-electron chi connectivity index (χ4n) is 0.776. The van der Waals surface area contributed by atoms with E-state index in [0.29, 0.717) is 6.61 Å². The standard InChI is InChI=1S/C7H8.C4H10O2/c1-7-5-3-2-4-6-7;1-3-6-4(2)5/h2-6H,1H3;4-5H,3H2,1-2H3. The van der Waals surface area contributed by atoms with Gasteiger partial charge in [-0.15, -0.1) is 0 Å². The molecule has 0 heterocycles. The third kappa shape index (κ3) is 9.05. The predicted octanol–water partition coefficient (Wildman–Crippen LogP) is 2.36. The van der Waals surface area contributed by atoms with Crippen molar-refractivity contribution in [2.45, 2.75) is 27.1 Å². The van der Waals surface area contributed by atoms with E-state index in [1.807, 2.05) is 25.1 Å². The first-order valence-corrected chi connectivity index (χ1v) is 4.48. The lowest BCUT2D eigenvalue weighted by Gasteiger charge is -1.99. The number of ether oxygens (including phenoxy) is 1. The third-order valence-corrected chi connectivity index (χ3v) is 1.35. The van der Waals surface area contributed by atoms with Crippen LogP contribution < -0.4 is 0 Å². The Hall–Kier alpha value is -0.860. The van der Waals surface area contributed by atoms with Gasteiger partial charge in [-0.05, 0) is 20.8 Å². The first-order valence-electron chi connectivity index (χ1n) is 4.48. The molecule has 1 aromatic carbocycles. The van der Waals surface area contributed by atoms with Gasteiger partial charge in [0, 0.05) is 6.61 Å². The molecule has 0 saturated carbocycles. The van der Waals surface area contributed by atoms with E-state index in [-0.39, 0.29) is 0 Å². The van der Waals surface area contributed by atoms with Crippen LogP contribution in [0.2, 0.25) is 0 Å². The van der Waals surface area contributed by atoms with Crippen LogP contribution in [0.5, 0.6) is 0 Å². The molecule has 0 fully saturated rings. The molecule has 1 rings (SSSR count). The van der Waals surface area contributed by atoms with E-state index < -0.39 is 6.29 Å². The Bertz CT molecular complexity index is 195. The van der Waals surface area contributed by atoms with Gasteiger partial charge in [0.15, 0.2) is 6.29 Å². The highest BCUT2D eigenvalue weighted by molar-refractivity contribution is 5.11. The molecule has 0 saturated heterocycles. The molecule has 2 heteroatoms. The zero-order valence-corrected chi connectivity index (χ0v) is 8.53. The van der Waals surface area contributed by atoms with Crippen LogP contribution in [0, 0.1) is 6.92 Å². The normalized spacial score (nSPS) is 11.4. The summed E-state index contributed by atoms with van der Waals surface area (Å²) in [7, 11) is 0. The molecule has 74 valence electrons. The van der Waals surface area contributed by atoms with Crippen molar-refractivity contribution in [1.82, 2.24) is 0 Å². The van der Waals surface area contributed by atoms with Crippen molar-refractivity contribution >= 4 is 0 Å². The molecule has 2 nitrogen and oxygen atoms in total. The second kappa shape index (κ2) is 7.77. The quantitative estimate of drug-likeness (QED) is 0.711. The van der Waals surface area contributed by atoms with E-state index in [2.05, 4.69) is 23.8 Å². The van der Waals surface area contributed by atoms with Gasteiger partial charge in [0.05, 0.1) is 0 Å². The van der Waals surface area contributed by atoms with Gasteiger partial charge in [-0.2, -0.15) is 0 Å². The summed E-state index contributed by atoms with van der Waals surface area (Å²) in [5.41, 5.74) is 1.32. The Kier molecular flexibility index (Phi) is 7.26. The Balaban J connectivity index is 0.000000226. The number of benzene rings is 1. The van der Waals surface area contributed by atoms with Gasteiger partial charge in [-0.3, -0.25) is 0 Å². The maximum atomic E-state index is 8.33. The third-order valence-electron chi connectivity index (χ3n) is 1.35. The van der Waals surface area contributed by atoms with Gasteiger partial charge in [0.25, 0.3) is 0 Å². The molecule has 0 spiro atoms. The number of rotatable bonds is 2. The largest absolute Gasteiger partial charge is 0.368 e. The molecule has 0 aromatic heterocycles. The maximum Gasteiger partial charge on any atom is 0.151 e. The molecular weight excluding hydrogens is 164 g/mol. The smallest absolute Gasteiger partial charge is 0.151 e. The summed E-state index contributed by atoms with van der Waals surface area (Å²) < 4.78 is 4.60. The lowest BCUT2D eigenvalue weighted by atomic mass is 10.2. The summed E-state index contributed by atoms with van der Waals surface area (Å²) in [6.07, 6.45) is -0.602. The summed E-state index contributed by atoms with van der Waals surface area (Å²) in [6.45, 7) is 6.09. The van der Waals surface area contributed by atoms with Crippen molar-refractivity contribution in [3.63, 3.8) is 0 Å². The highest BCUT2D eigenvalue weighted by Crippen LogP contribution is 1.92. The second-order valence-corrected chi connectivity index (χ2v) is 2.71. The first kappa shape index (κ1) is 12.1. The molecule has 0 aliphatic heterocycles. The van der Waals surface area contributed by atoms with E-state index in [4.69, 9.17) is 5.11 Å². The maximum absolute atomic E-state index is 8.33. The highest BCUT2D eigenvalue weighted by Gasteiger charge is 1.85. The molecule has 0 amide bonds. The molecule has 0 bridgehead atoms. The van der Waals surface area contributed by atoms with Crippen LogP contribution in [-0.4, -0.2) is 18.0 Å². The molecule has 1 N–H and O–H groups in total. The van der Waals surface area contributed by atoms with E-state index in [0.717, 1.165) is 0 Å². The van der Waals surface area contributed by atoms with Crippen molar-refractivity contribution in [1.29, 1.82) is 0 Å². The molecule has 1 atom stereocenters. The minimum absolute atomic E-state index is 0.581. The van der Waals surface area contributed by atoms with E-state index in [1.165, 1.54) is 5.56 Å². The summed E-state index contributed by atoms with van der Waals surface area (Å²) in [5, 5.41) is 8.33. The van der Waals surface area contributed by atoms with E-state index in [1.54, 1.807) is 6.92 Å². The van der Waals surface area contributed by atoms with E-state index in [9.17, 15) is 0 Å². The molecular formula is C11H18O2. The lowest BCUT2D eigenvalue weighted by molar-refractivity contribution is -0.0800. The topological polar surface area (TPSA) is 29.5 Å². The van der Waals surface area contributed by atoms with Crippen molar-refractivity contribution in [2.75, 3.05) is 6.61 Å². The number of aliphatic hydroxyl groups excluding tert-OH is 1. The highest BCUT2D eigenvalue weighted by atomic mass is 16.6. The Morgan fingerprint density at radius 3 is 2.00 bits per heavy atom. The molecule has 0 aliphatic rings. The monoisotopic (exact) mass is 182 g/mol. The van der Waals surface area contributed by atoms with Crippen molar-refractivity contribution in [2.24, 2.45) is 0 Å². The predicted molar refractivity (Wildman–Crippen MR) is 54.5 cm³/mol. The SMILES string of the molecule is CCOC(C)O.Cc1ccccc1. The van der Waals surface area contributed by atoms with Gasteiger partial charge >= 0.3 is 0 Å². The van der Waals surface area contributed by atoms with Gasteiger partial charge in [0.1, 0.15) is 0 Å². The fraction of sp³-hybridized carbons (Fsp3) is 0.455. The van der Waals surface area contributed by atoms with Crippen molar-refractivity contribution in [3.8, 4) is 0 Å².